The molecule has 2 N–H and O–H groups in total. The summed E-state index contributed by atoms with van der Waals surface area (Å²) in [6, 6.07) is 17.5. The molecular formula is C28H35N5O4. The number of rotatable bonds is 12. The van der Waals surface area contributed by atoms with Gasteiger partial charge in [0.1, 0.15) is 0 Å². The number of ether oxygens (including phenoxy) is 1. The zero-order valence-corrected chi connectivity index (χ0v) is 21.7. The number of carbonyl (C=O) groups is 2. The highest BCUT2D eigenvalue weighted by atomic mass is 16.5. The van der Waals surface area contributed by atoms with Gasteiger partial charge >= 0.3 is 6.09 Å². The molecule has 0 fully saturated rings. The quantitative estimate of drug-likeness (QED) is 0.361. The van der Waals surface area contributed by atoms with Gasteiger partial charge in [0.15, 0.2) is 0 Å². The van der Waals surface area contributed by atoms with Crippen LogP contribution in [-0.2, 0) is 11.3 Å². The lowest BCUT2D eigenvalue weighted by Crippen LogP contribution is -2.29. The van der Waals surface area contributed by atoms with Crippen molar-refractivity contribution in [1.29, 1.82) is 0 Å². The van der Waals surface area contributed by atoms with Crippen LogP contribution in [0.3, 0.4) is 0 Å². The second kappa shape index (κ2) is 13.9. The molecule has 1 aromatic heterocycles. The van der Waals surface area contributed by atoms with E-state index in [-0.39, 0.29) is 24.6 Å². The Bertz CT molecular complexity index is 1240. The van der Waals surface area contributed by atoms with Gasteiger partial charge < -0.3 is 15.0 Å². The Balaban J connectivity index is 1.64. The average Bonchev–Trinajstić information content (AvgIpc) is 2.90. The van der Waals surface area contributed by atoms with Crippen LogP contribution in [0, 0.1) is 0 Å². The lowest BCUT2D eigenvalue weighted by Gasteiger charge is -2.17. The molecule has 0 bridgehead atoms. The van der Waals surface area contributed by atoms with Crippen molar-refractivity contribution in [1.82, 2.24) is 20.0 Å². The molecule has 0 atom stereocenters. The van der Waals surface area contributed by atoms with Gasteiger partial charge in [0.2, 0.25) is 0 Å². The third-order valence-electron chi connectivity index (χ3n) is 5.92. The van der Waals surface area contributed by atoms with Gasteiger partial charge in [-0.2, -0.15) is 5.10 Å². The second-order valence-corrected chi connectivity index (χ2v) is 8.47. The smallest absolute Gasteiger partial charge is 0.411 e. The van der Waals surface area contributed by atoms with Gasteiger partial charge in [-0.25, -0.2) is 9.48 Å². The fourth-order valence-electron chi connectivity index (χ4n) is 3.86. The van der Waals surface area contributed by atoms with Gasteiger partial charge in [-0.3, -0.25) is 14.9 Å². The molecule has 3 rings (SSSR count). The van der Waals surface area contributed by atoms with Crippen molar-refractivity contribution < 1.29 is 14.3 Å². The normalized spacial score (nSPS) is 10.8. The zero-order valence-electron chi connectivity index (χ0n) is 21.7. The summed E-state index contributed by atoms with van der Waals surface area (Å²) in [6.07, 6.45) is 0.368. The van der Waals surface area contributed by atoms with Crippen LogP contribution in [0.2, 0.25) is 0 Å². The van der Waals surface area contributed by atoms with E-state index in [1.165, 1.54) is 10.7 Å². The summed E-state index contributed by atoms with van der Waals surface area (Å²) in [5.41, 5.74) is 3.12. The summed E-state index contributed by atoms with van der Waals surface area (Å²) in [7, 11) is 0. The molecule has 0 spiro atoms. The van der Waals surface area contributed by atoms with Crippen molar-refractivity contribution in [3.63, 3.8) is 0 Å². The average molecular weight is 506 g/mol. The molecule has 196 valence electrons. The first kappa shape index (κ1) is 27.6. The van der Waals surface area contributed by atoms with E-state index in [4.69, 9.17) is 4.74 Å². The maximum atomic E-state index is 12.5. The predicted octanol–water partition coefficient (Wildman–Crippen LogP) is 3.99. The van der Waals surface area contributed by atoms with Crippen LogP contribution in [0.5, 0.6) is 0 Å². The minimum absolute atomic E-state index is 0.111. The lowest BCUT2D eigenvalue weighted by atomic mass is 10.1. The molecule has 1 heterocycles. The van der Waals surface area contributed by atoms with Crippen LogP contribution in [0.4, 0.5) is 10.5 Å². The first-order valence-electron chi connectivity index (χ1n) is 12.6. The minimum Gasteiger partial charge on any atom is -0.450 e. The highest BCUT2D eigenvalue weighted by Gasteiger charge is 2.09. The molecule has 0 radical (unpaired) electrons. The van der Waals surface area contributed by atoms with Crippen LogP contribution < -0.4 is 16.2 Å². The lowest BCUT2D eigenvalue weighted by molar-refractivity contribution is 0.0951. The third kappa shape index (κ3) is 8.28. The molecule has 0 saturated carbocycles. The summed E-state index contributed by atoms with van der Waals surface area (Å²) < 4.78 is 6.28. The van der Waals surface area contributed by atoms with Crippen molar-refractivity contribution in [2.45, 2.75) is 33.7 Å². The first-order valence-corrected chi connectivity index (χ1v) is 12.6. The van der Waals surface area contributed by atoms with E-state index in [1.807, 2.05) is 18.2 Å². The van der Waals surface area contributed by atoms with Crippen molar-refractivity contribution in [2.24, 2.45) is 0 Å². The highest BCUT2D eigenvalue weighted by molar-refractivity contribution is 5.94. The van der Waals surface area contributed by atoms with Crippen LogP contribution in [0.1, 0.15) is 43.1 Å². The van der Waals surface area contributed by atoms with Crippen LogP contribution in [0.15, 0.2) is 65.5 Å². The van der Waals surface area contributed by atoms with Gasteiger partial charge in [-0.15, -0.1) is 0 Å². The molecule has 0 aliphatic rings. The summed E-state index contributed by atoms with van der Waals surface area (Å²) in [6.45, 7) is 10.1. The first-order chi connectivity index (χ1) is 17.9. The predicted molar refractivity (Wildman–Crippen MR) is 145 cm³/mol. The molecule has 2 aromatic carbocycles. The molecule has 2 amide bonds. The number of amides is 2. The van der Waals surface area contributed by atoms with E-state index >= 15 is 0 Å². The van der Waals surface area contributed by atoms with Crippen molar-refractivity contribution in [3.8, 4) is 11.3 Å². The molecular weight excluding hydrogens is 470 g/mol. The van der Waals surface area contributed by atoms with E-state index < -0.39 is 6.09 Å². The topological polar surface area (TPSA) is 106 Å². The number of benzene rings is 2. The molecule has 37 heavy (non-hydrogen) atoms. The Kier molecular flexibility index (Phi) is 10.4. The number of hydrogen-bond donors (Lipinski definition) is 2. The van der Waals surface area contributed by atoms with Crippen molar-refractivity contribution in [2.75, 3.05) is 38.1 Å². The van der Waals surface area contributed by atoms with E-state index in [1.54, 1.807) is 43.3 Å². The number of nitrogens with zero attached hydrogens (tertiary/aromatic N) is 3. The summed E-state index contributed by atoms with van der Waals surface area (Å²) in [5.74, 6) is -0.111. The Labute approximate surface area is 217 Å². The Morgan fingerprint density at radius 2 is 1.76 bits per heavy atom. The molecule has 9 nitrogen and oxygen atoms in total. The third-order valence-corrected chi connectivity index (χ3v) is 5.92. The van der Waals surface area contributed by atoms with Gasteiger partial charge in [-0.05, 0) is 68.9 Å². The van der Waals surface area contributed by atoms with E-state index in [0.29, 0.717) is 23.5 Å². The SMILES string of the molecule is CCOC(=O)Nc1cccc(Cn2nc(-c3ccc(C(=O)NCCCN(CC)CC)cc3)ccc2=O)c1. The van der Waals surface area contributed by atoms with Crippen LogP contribution in [-0.4, -0.2) is 59.5 Å². The number of carbonyl (C=O) groups excluding carboxylic acids is 2. The molecule has 0 aliphatic carbocycles. The van der Waals surface area contributed by atoms with Crippen LogP contribution >= 0.6 is 0 Å². The van der Waals surface area contributed by atoms with Crippen LogP contribution in [0.25, 0.3) is 11.3 Å². The number of hydrogen-bond acceptors (Lipinski definition) is 6. The van der Waals surface area contributed by atoms with E-state index in [2.05, 4.69) is 34.5 Å². The van der Waals surface area contributed by atoms with E-state index in [9.17, 15) is 14.4 Å². The minimum atomic E-state index is -0.534. The summed E-state index contributed by atoms with van der Waals surface area (Å²) in [4.78, 5) is 39.0. The Morgan fingerprint density at radius 3 is 2.46 bits per heavy atom. The molecule has 3 aromatic rings. The van der Waals surface area contributed by atoms with Crippen molar-refractivity contribution in [3.05, 3.63) is 82.1 Å². The molecule has 9 heteroatoms. The van der Waals surface area contributed by atoms with Gasteiger partial charge in [0.25, 0.3) is 11.5 Å². The summed E-state index contributed by atoms with van der Waals surface area (Å²) >= 11 is 0. The van der Waals surface area contributed by atoms with E-state index in [0.717, 1.165) is 37.2 Å². The Morgan fingerprint density at radius 1 is 1.00 bits per heavy atom. The van der Waals surface area contributed by atoms with Gasteiger partial charge in [-0.1, -0.05) is 38.1 Å². The number of anilines is 1. The highest BCUT2D eigenvalue weighted by Crippen LogP contribution is 2.17. The molecule has 0 saturated heterocycles. The summed E-state index contributed by atoms with van der Waals surface area (Å²) in [5, 5.41) is 10.1. The standard InChI is InChI=1S/C28H35N5O4/c1-4-32(5-2)18-8-17-29-27(35)23-13-11-22(12-14-23)25-15-16-26(34)33(31-25)20-21-9-7-10-24(19-21)30-28(36)37-6-3/h7,9-16,19H,4-6,8,17-18,20H2,1-3H3,(H,29,35)(H,30,36). The Hall–Kier alpha value is -3.98. The maximum absolute atomic E-state index is 12.5. The molecule has 0 aliphatic heterocycles. The largest absolute Gasteiger partial charge is 0.450 e. The molecule has 0 unspecified atom stereocenters. The van der Waals surface area contributed by atoms with Gasteiger partial charge in [0, 0.05) is 29.4 Å². The zero-order chi connectivity index (χ0) is 26.6. The second-order valence-electron chi connectivity index (χ2n) is 8.47. The number of nitrogens with one attached hydrogen (secondary N) is 2. The maximum Gasteiger partial charge on any atom is 0.411 e. The monoisotopic (exact) mass is 505 g/mol. The number of aromatic nitrogens is 2. The van der Waals surface area contributed by atoms with Crippen molar-refractivity contribution >= 4 is 17.7 Å². The fourth-order valence-corrected chi connectivity index (χ4v) is 3.86. The fraction of sp³-hybridized carbons (Fsp3) is 0.357. The van der Waals surface area contributed by atoms with Gasteiger partial charge in [0.05, 0.1) is 18.8 Å².